The molecular weight excluding hydrogens is 371 g/mol. The molecule has 1 heterocycles. The molecule has 0 spiro atoms. The van der Waals surface area contributed by atoms with Crippen LogP contribution in [0.4, 0.5) is 0 Å². The summed E-state index contributed by atoms with van der Waals surface area (Å²) in [6.07, 6.45) is 2.61. The minimum absolute atomic E-state index is 0.336. The Morgan fingerprint density at radius 2 is 2.00 bits per heavy atom. The zero-order chi connectivity index (χ0) is 15.4. The highest BCUT2D eigenvalue weighted by Crippen LogP contribution is 2.27. The summed E-state index contributed by atoms with van der Waals surface area (Å²) in [5.41, 5.74) is 3.31. The molecule has 0 aliphatic carbocycles. The third-order valence-corrected chi connectivity index (χ3v) is 5.32. The third kappa shape index (κ3) is 4.02. The van der Waals surface area contributed by atoms with Crippen LogP contribution in [0.5, 0.6) is 0 Å². The van der Waals surface area contributed by atoms with Crippen LogP contribution in [-0.2, 0) is 26.3 Å². The number of aryl methyl sites for hydroxylation is 2. The molecule has 0 saturated carbocycles. The van der Waals surface area contributed by atoms with Crippen LogP contribution in [0.15, 0.2) is 28.7 Å². The van der Waals surface area contributed by atoms with Gasteiger partial charge in [0.15, 0.2) is 0 Å². The molecule has 0 saturated heterocycles. The predicted molar refractivity (Wildman–Crippen MR) is 93.4 cm³/mol. The van der Waals surface area contributed by atoms with Crippen LogP contribution in [0.25, 0.3) is 0 Å². The maximum atomic E-state index is 6.43. The molecule has 1 atom stereocenters. The normalized spacial score (nSPS) is 12.6. The smallest absolute Gasteiger partial charge is 0.0849 e. The van der Waals surface area contributed by atoms with Crippen molar-refractivity contribution in [1.29, 1.82) is 0 Å². The fourth-order valence-corrected chi connectivity index (χ4v) is 3.51. The van der Waals surface area contributed by atoms with Gasteiger partial charge in [0.25, 0.3) is 0 Å². The number of hydrogen-bond donors (Lipinski definition) is 0. The van der Waals surface area contributed by atoms with Gasteiger partial charge in [0, 0.05) is 17.4 Å². The van der Waals surface area contributed by atoms with Crippen LogP contribution in [0.1, 0.15) is 23.9 Å². The number of benzene rings is 1. The summed E-state index contributed by atoms with van der Waals surface area (Å²) < 4.78 is 3.02. The molecule has 5 heteroatoms. The number of rotatable bonds is 6. The lowest BCUT2D eigenvalue weighted by molar-refractivity contribution is 0.550. The number of alkyl halides is 1. The summed E-state index contributed by atoms with van der Waals surface area (Å²) in [6.45, 7) is 2.07. The molecule has 0 aliphatic heterocycles. The molecule has 21 heavy (non-hydrogen) atoms. The van der Waals surface area contributed by atoms with Crippen LogP contribution in [0, 0.1) is 5.92 Å². The van der Waals surface area contributed by atoms with Crippen molar-refractivity contribution in [2.45, 2.75) is 26.2 Å². The molecule has 2 nitrogen and oxygen atoms in total. The quantitative estimate of drug-likeness (QED) is 0.633. The first kappa shape index (κ1) is 16.9. The van der Waals surface area contributed by atoms with Crippen LogP contribution < -0.4 is 0 Å². The summed E-state index contributed by atoms with van der Waals surface area (Å²) in [5.74, 6) is 0.938. The molecule has 0 bridgehead atoms. The molecule has 1 aromatic heterocycles. The van der Waals surface area contributed by atoms with E-state index in [4.69, 9.17) is 23.2 Å². The maximum Gasteiger partial charge on any atom is 0.0849 e. The Hall–Kier alpha value is -0.510. The van der Waals surface area contributed by atoms with Gasteiger partial charge in [0.1, 0.15) is 0 Å². The molecule has 2 rings (SSSR count). The highest BCUT2D eigenvalue weighted by Gasteiger charge is 2.18. The SMILES string of the molecule is CCc1nn(C)c(CC(CCl)Cc2ccccc2Br)c1Cl. The standard InChI is InChI=1S/C16H19BrCl2N2/c1-3-14-16(19)15(21(2)20-14)9-11(10-18)8-12-6-4-5-7-13(12)17/h4-7,11H,3,8-10H2,1-2H3. The zero-order valence-corrected chi connectivity index (χ0v) is 15.3. The van der Waals surface area contributed by atoms with Gasteiger partial charge in [0.05, 0.1) is 16.4 Å². The Bertz CT molecular complexity index is 610. The van der Waals surface area contributed by atoms with Crippen molar-refractivity contribution in [2.75, 3.05) is 5.88 Å². The number of nitrogens with zero attached hydrogens (tertiary/aromatic N) is 2. The van der Waals surface area contributed by atoms with Crippen LogP contribution in [0.2, 0.25) is 5.02 Å². The van der Waals surface area contributed by atoms with E-state index in [2.05, 4.69) is 46.2 Å². The van der Waals surface area contributed by atoms with E-state index in [9.17, 15) is 0 Å². The second-order valence-electron chi connectivity index (χ2n) is 5.20. The average molecular weight is 390 g/mol. The lowest BCUT2D eigenvalue weighted by Gasteiger charge is -2.15. The average Bonchev–Trinajstić information content (AvgIpc) is 2.75. The first-order valence-corrected chi connectivity index (χ1v) is 8.77. The van der Waals surface area contributed by atoms with Gasteiger partial charge in [-0.05, 0) is 36.8 Å². The van der Waals surface area contributed by atoms with E-state index >= 15 is 0 Å². The van der Waals surface area contributed by atoms with Gasteiger partial charge < -0.3 is 0 Å². The highest BCUT2D eigenvalue weighted by molar-refractivity contribution is 9.10. The second-order valence-corrected chi connectivity index (χ2v) is 6.75. The highest BCUT2D eigenvalue weighted by atomic mass is 79.9. The van der Waals surface area contributed by atoms with Crippen molar-refractivity contribution >= 4 is 39.1 Å². The lowest BCUT2D eigenvalue weighted by atomic mass is 9.96. The van der Waals surface area contributed by atoms with Gasteiger partial charge in [-0.2, -0.15) is 5.10 Å². The maximum absolute atomic E-state index is 6.43. The Balaban J connectivity index is 2.16. The molecule has 2 aromatic rings. The lowest BCUT2D eigenvalue weighted by Crippen LogP contribution is -2.13. The second kappa shape index (κ2) is 7.66. The number of aromatic nitrogens is 2. The molecule has 1 unspecified atom stereocenters. The first-order valence-electron chi connectivity index (χ1n) is 7.06. The first-order chi connectivity index (χ1) is 10.1. The van der Waals surface area contributed by atoms with Gasteiger partial charge in [-0.15, -0.1) is 11.6 Å². The number of halogens is 3. The van der Waals surface area contributed by atoms with Crippen molar-refractivity contribution in [3.8, 4) is 0 Å². The van der Waals surface area contributed by atoms with Crippen molar-refractivity contribution in [1.82, 2.24) is 9.78 Å². The molecule has 0 aliphatic rings. The van der Waals surface area contributed by atoms with Crippen molar-refractivity contribution in [2.24, 2.45) is 13.0 Å². The van der Waals surface area contributed by atoms with Crippen LogP contribution >= 0.6 is 39.1 Å². The van der Waals surface area contributed by atoms with E-state index in [-0.39, 0.29) is 0 Å². The third-order valence-electron chi connectivity index (χ3n) is 3.67. The van der Waals surface area contributed by atoms with Gasteiger partial charge >= 0.3 is 0 Å². The van der Waals surface area contributed by atoms with Gasteiger partial charge in [-0.25, -0.2) is 0 Å². The van der Waals surface area contributed by atoms with Crippen molar-refractivity contribution in [3.63, 3.8) is 0 Å². The van der Waals surface area contributed by atoms with E-state index < -0.39 is 0 Å². The van der Waals surface area contributed by atoms with Crippen LogP contribution in [0.3, 0.4) is 0 Å². The summed E-state index contributed by atoms with van der Waals surface area (Å²) in [7, 11) is 1.95. The fourth-order valence-electron chi connectivity index (χ4n) is 2.47. The van der Waals surface area contributed by atoms with Crippen LogP contribution in [-0.4, -0.2) is 15.7 Å². The summed E-state index contributed by atoms with van der Waals surface area (Å²) >= 11 is 16.2. The Kier molecular flexibility index (Phi) is 6.15. The molecule has 114 valence electrons. The molecule has 0 fully saturated rings. The summed E-state index contributed by atoms with van der Waals surface area (Å²) in [4.78, 5) is 0. The Morgan fingerprint density at radius 1 is 1.29 bits per heavy atom. The minimum Gasteiger partial charge on any atom is -0.271 e. The molecule has 0 amide bonds. The van der Waals surface area contributed by atoms with E-state index in [0.717, 1.165) is 40.1 Å². The van der Waals surface area contributed by atoms with Gasteiger partial charge in [-0.1, -0.05) is 52.7 Å². The van der Waals surface area contributed by atoms with E-state index in [1.54, 1.807) is 0 Å². The largest absolute Gasteiger partial charge is 0.271 e. The van der Waals surface area contributed by atoms with Gasteiger partial charge in [-0.3, -0.25) is 4.68 Å². The predicted octanol–water partition coefficient (Wildman–Crippen LogP) is 5.04. The Labute approximate surface area is 144 Å². The monoisotopic (exact) mass is 388 g/mol. The van der Waals surface area contributed by atoms with E-state index in [1.165, 1.54) is 5.56 Å². The Morgan fingerprint density at radius 3 is 2.57 bits per heavy atom. The summed E-state index contributed by atoms with van der Waals surface area (Å²) in [6, 6.07) is 8.27. The molecule has 1 aromatic carbocycles. The van der Waals surface area contributed by atoms with Crippen molar-refractivity contribution < 1.29 is 0 Å². The molecular formula is C16H19BrCl2N2. The zero-order valence-electron chi connectivity index (χ0n) is 12.2. The molecule has 0 radical (unpaired) electrons. The minimum atomic E-state index is 0.336. The topological polar surface area (TPSA) is 17.8 Å². The fraction of sp³-hybridized carbons (Fsp3) is 0.438. The van der Waals surface area contributed by atoms with Crippen molar-refractivity contribution in [3.05, 3.63) is 50.7 Å². The summed E-state index contributed by atoms with van der Waals surface area (Å²) in [5, 5.41) is 5.27. The van der Waals surface area contributed by atoms with E-state index in [1.807, 2.05) is 17.8 Å². The van der Waals surface area contributed by atoms with E-state index in [0.29, 0.717) is 11.8 Å². The number of hydrogen-bond acceptors (Lipinski definition) is 1. The van der Waals surface area contributed by atoms with Gasteiger partial charge in [0.2, 0.25) is 0 Å². The molecule has 0 N–H and O–H groups in total.